The summed E-state index contributed by atoms with van der Waals surface area (Å²) >= 11 is 0. The SMILES string of the molecule is Cc1cc(Nc2ncnc3ccc(O[C@@H]4CCOC4)cc23)ccc1Oc1ccn2ccnc2c1. The van der Waals surface area contributed by atoms with Gasteiger partial charge in [0.15, 0.2) is 0 Å². The highest BCUT2D eigenvalue weighted by Gasteiger charge is 2.17. The molecule has 2 aromatic carbocycles. The van der Waals surface area contributed by atoms with Crippen molar-refractivity contribution in [2.45, 2.75) is 19.4 Å². The second kappa shape index (κ2) is 8.64. The third kappa shape index (κ3) is 4.11. The van der Waals surface area contributed by atoms with Crippen LogP contribution in [0.3, 0.4) is 0 Å². The second-order valence-electron chi connectivity index (χ2n) is 8.27. The predicted molar refractivity (Wildman–Crippen MR) is 129 cm³/mol. The molecule has 0 unspecified atom stereocenters. The quantitative estimate of drug-likeness (QED) is 0.374. The number of ether oxygens (including phenoxy) is 3. The van der Waals surface area contributed by atoms with Crippen molar-refractivity contribution >= 4 is 28.1 Å². The predicted octanol–water partition coefficient (Wildman–Crippen LogP) is 5.29. The van der Waals surface area contributed by atoms with Crippen LogP contribution in [0.4, 0.5) is 11.5 Å². The average Bonchev–Trinajstić information content (AvgIpc) is 3.53. The Labute approximate surface area is 196 Å². The van der Waals surface area contributed by atoms with Crippen molar-refractivity contribution in [3.8, 4) is 17.2 Å². The minimum Gasteiger partial charge on any atom is -0.488 e. The minimum atomic E-state index is 0.0860. The maximum Gasteiger partial charge on any atom is 0.141 e. The standard InChI is InChI=1S/C26H23N5O3/c1-17-12-18(2-5-24(17)34-20-6-9-31-10-8-27-25(31)14-20)30-26-22-13-19(33-21-7-11-32-15-21)3-4-23(22)28-16-29-26/h2-6,8-10,12-14,16,21H,7,11,15H2,1H3,(H,28,29,30)/t21-/m1/s1. The van der Waals surface area contributed by atoms with E-state index in [4.69, 9.17) is 14.2 Å². The number of aromatic nitrogens is 4. The molecule has 0 aliphatic carbocycles. The van der Waals surface area contributed by atoms with Gasteiger partial charge < -0.3 is 23.9 Å². The molecule has 1 aliphatic heterocycles. The summed E-state index contributed by atoms with van der Waals surface area (Å²) in [5, 5.41) is 4.31. The van der Waals surface area contributed by atoms with Gasteiger partial charge in [-0.15, -0.1) is 0 Å². The van der Waals surface area contributed by atoms with Gasteiger partial charge in [-0.2, -0.15) is 0 Å². The number of nitrogens with one attached hydrogen (secondary N) is 1. The Morgan fingerprint density at radius 3 is 2.85 bits per heavy atom. The molecular formula is C26H23N5O3. The Morgan fingerprint density at radius 2 is 1.97 bits per heavy atom. The lowest BCUT2D eigenvalue weighted by atomic mass is 10.2. The third-order valence-electron chi connectivity index (χ3n) is 5.83. The molecule has 6 rings (SSSR count). The zero-order valence-corrected chi connectivity index (χ0v) is 18.6. The van der Waals surface area contributed by atoms with Crippen LogP contribution in [0.2, 0.25) is 0 Å². The minimum absolute atomic E-state index is 0.0860. The van der Waals surface area contributed by atoms with E-state index in [1.165, 1.54) is 0 Å². The van der Waals surface area contributed by atoms with Gasteiger partial charge in [0.1, 0.15) is 41.1 Å². The van der Waals surface area contributed by atoms with Gasteiger partial charge >= 0.3 is 0 Å². The molecule has 3 aromatic heterocycles. The van der Waals surface area contributed by atoms with Gasteiger partial charge in [0.05, 0.1) is 18.7 Å². The molecule has 0 saturated carbocycles. The lowest BCUT2D eigenvalue weighted by Crippen LogP contribution is -2.15. The van der Waals surface area contributed by atoms with Crippen molar-refractivity contribution < 1.29 is 14.2 Å². The summed E-state index contributed by atoms with van der Waals surface area (Å²) in [6.45, 7) is 3.38. The van der Waals surface area contributed by atoms with Gasteiger partial charge in [-0.05, 0) is 55.0 Å². The van der Waals surface area contributed by atoms with Crippen LogP contribution in [-0.4, -0.2) is 38.7 Å². The van der Waals surface area contributed by atoms with Crippen LogP contribution in [0.1, 0.15) is 12.0 Å². The van der Waals surface area contributed by atoms with Gasteiger partial charge in [0, 0.05) is 42.2 Å². The summed E-state index contributed by atoms with van der Waals surface area (Å²) in [5.41, 5.74) is 3.59. The zero-order valence-electron chi connectivity index (χ0n) is 18.6. The largest absolute Gasteiger partial charge is 0.488 e. The number of imidazole rings is 1. The lowest BCUT2D eigenvalue weighted by molar-refractivity contribution is 0.141. The van der Waals surface area contributed by atoms with E-state index in [-0.39, 0.29) is 6.10 Å². The summed E-state index contributed by atoms with van der Waals surface area (Å²) in [6, 6.07) is 15.7. The van der Waals surface area contributed by atoms with Gasteiger partial charge in [0.25, 0.3) is 0 Å². The molecule has 0 amide bonds. The number of rotatable bonds is 6. The third-order valence-corrected chi connectivity index (χ3v) is 5.83. The first-order chi connectivity index (χ1) is 16.7. The van der Waals surface area contributed by atoms with Gasteiger partial charge in [-0.3, -0.25) is 0 Å². The molecule has 0 radical (unpaired) electrons. The number of anilines is 2. The van der Waals surface area contributed by atoms with E-state index in [1.807, 2.05) is 72.2 Å². The topological polar surface area (TPSA) is 82.8 Å². The summed E-state index contributed by atoms with van der Waals surface area (Å²) in [7, 11) is 0. The van der Waals surface area contributed by atoms with E-state index in [0.717, 1.165) is 63.9 Å². The van der Waals surface area contributed by atoms with Crippen molar-refractivity contribution in [3.05, 3.63) is 79.0 Å². The molecule has 1 aliphatic rings. The Balaban J connectivity index is 1.23. The molecule has 34 heavy (non-hydrogen) atoms. The van der Waals surface area contributed by atoms with Crippen LogP contribution in [0, 0.1) is 6.92 Å². The molecule has 1 fully saturated rings. The number of fused-ring (bicyclic) bond motifs is 2. The van der Waals surface area contributed by atoms with E-state index in [0.29, 0.717) is 6.61 Å². The molecule has 1 N–H and O–H groups in total. The van der Waals surface area contributed by atoms with Crippen LogP contribution in [0.5, 0.6) is 17.2 Å². The van der Waals surface area contributed by atoms with Crippen molar-refractivity contribution in [3.63, 3.8) is 0 Å². The normalized spacial score (nSPS) is 15.6. The highest BCUT2D eigenvalue weighted by Crippen LogP contribution is 2.31. The van der Waals surface area contributed by atoms with Crippen LogP contribution >= 0.6 is 0 Å². The molecule has 0 spiro atoms. The first-order valence-electron chi connectivity index (χ1n) is 11.2. The number of hydrogen-bond donors (Lipinski definition) is 1. The molecule has 8 nitrogen and oxygen atoms in total. The summed E-state index contributed by atoms with van der Waals surface area (Å²) in [5.74, 6) is 3.03. The van der Waals surface area contributed by atoms with Gasteiger partial charge in [-0.25, -0.2) is 15.0 Å². The Morgan fingerprint density at radius 1 is 1.00 bits per heavy atom. The summed E-state index contributed by atoms with van der Waals surface area (Å²) in [4.78, 5) is 13.2. The lowest BCUT2D eigenvalue weighted by Gasteiger charge is -2.14. The highest BCUT2D eigenvalue weighted by molar-refractivity contribution is 5.91. The Kier molecular flexibility index (Phi) is 5.20. The first-order valence-corrected chi connectivity index (χ1v) is 11.2. The van der Waals surface area contributed by atoms with Crippen LogP contribution < -0.4 is 14.8 Å². The van der Waals surface area contributed by atoms with E-state index in [1.54, 1.807) is 12.5 Å². The molecule has 0 bridgehead atoms. The van der Waals surface area contributed by atoms with Gasteiger partial charge in [0.2, 0.25) is 0 Å². The number of pyridine rings is 1. The van der Waals surface area contributed by atoms with E-state index >= 15 is 0 Å². The summed E-state index contributed by atoms with van der Waals surface area (Å²) in [6.07, 6.45) is 8.15. The molecule has 170 valence electrons. The smallest absolute Gasteiger partial charge is 0.141 e. The molecule has 5 aromatic rings. The van der Waals surface area contributed by atoms with E-state index in [2.05, 4.69) is 20.3 Å². The number of hydrogen-bond acceptors (Lipinski definition) is 7. The Hall–Kier alpha value is -4.17. The number of aryl methyl sites for hydroxylation is 1. The molecule has 4 heterocycles. The second-order valence-corrected chi connectivity index (χ2v) is 8.27. The molecule has 1 saturated heterocycles. The van der Waals surface area contributed by atoms with Crippen LogP contribution in [0.25, 0.3) is 16.6 Å². The van der Waals surface area contributed by atoms with Crippen LogP contribution in [0.15, 0.2) is 73.4 Å². The monoisotopic (exact) mass is 453 g/mol. The Bertz CT molecular complexity index is 1480. The average molecular weight is 454 g/mol. The fourth-order valence-electron chi connectivity index (χ4n) is 4.07. The van der Waals surface area contributed by atoms with E-state index < -0.39 is 0 Å². The van der Waals surface area contributed by atoms with Crippen molar-refractivity contribution in [1.82, 2.24) is 19.4 Å². The van der Waals surface area contributed by atoms with E-state index in [9.17, 15) is 0 Å². The molecular weight excluding hydrogens is 430 g/mol. The fraction of sp³-hybridized carbons (Fsp3) is 0.192. The van der Waals surface area contributed by atoms with Crippen LogP contribution in [-0.2, 0) is 4.74 Å². The molecule has 1 atom stereocenters. The van der Waals surface area contributed by atoms with Gasteiger partial charge in [-0.1, -0.05) is 0 Å². The highest BCUT2D eigenvalue weighted by atomic mass is 16.5. The summed E-state index contributed by atoms with van der Waals surface area (Å²) < 4.78 is 19.5. The maximum absolute atomic E-state index is 6.11. The molecule has 8 heteroatoms. The zero-order chi connectivity index (χ0) is 22.9. The fourth-order valence-corrected chi connectivity index (χ4v) is 4.07. The van der Waals surface area contributed by atoms with Crippen molar-refractivity contribution in [1.29, 1.82) is 0 Å². The van der Waals surface area contributed by atoms with Crippen molar-refractivity contribution in [2.24, 2.45) is 0 Å². The number of nitrogens with zero attached hydrogens (tertiary/aromatic N) is 4. The first kappa shape index (κ1) is 20.4. The maximum atomic E-state index is 6.11. The van der Waals surface area contributed by atoms with Crippen molar-refractivity contribution in [2.75, 3.05) is 18.5 Å². The number of benzene rings is 2.